The molecule has 0 aliphatic carbocycles. The van der Waals surface area contributed by atoms with E-state index in [0.29, 0.717) is 33.3 Å². The van der Waals surface area contributed by atoms with Crippen LogP contribution in [-0.4, -0.2) is 35.0 Å². The van der Waals surface area contributed by atoms with Gasteiger partial charge in [0, 0.05) is 10.9 Å². The molecular weight excluding hydrogens is 500 g/mol. The highest BCUT2D eigenvalue weighted by atomic mass is 32.1. The number of fused-ring (bicyclic) bond motifs is 1. The van der Waals surface area contributed by atoms with Crippen molar-refractivity contribution in [1.82, 2.24) is 4.98 Å². The van der Waals surface area contributed by atoms with E-state index in [1.54, 1.807) is 34.6 Å². The Kier molecular flexibility index (Phi) is 7.92. The molecule has 2 heterocycles. The maximum absolute atomic E-state index is 13.9. The molecule has 0 atom stereocenters. The first-order chi connectivity index (χ1) is 18.1. The van der Waals surface area contributed by atoms with Crippen molar-refractivity contribution in [3.63, 3.8) is 0 Å². The van der Waals surface area contributed by atoms with Crippen molar-refractivity contribution >= 4 is 45.1 Å². The molecular formula is C30H30N2O5S. The molecule has 196 valence electrons. The van der Waals surface area contributed by atoms with Gasteiger partial charge in [0.25, 0.3) is 5.91 Å². The predicted molar refractivity (Wildman–Crippen MR) is 150 cm³/mol. The predicted octanol–water partition coefficient (Wildman–Crippen LogP) is 6.96. The van der Waals surface area contributed by atoms with Crippen LogP contribution >= 0.6 is 11.3 Å². The normalized spacial score (nSPS) is 11.2. The molecule has 0 spiro atoms. The van der Waals surface area contributed by atoms with Gasteiger partial charge in [-0.05, 0) is 58.7 Å². The fourth-order valence-corrected chi connectivity index (χ4v) is 5.30. The van der Waals surface area contributed by atoms with Gasteiger partial charge in [0.05, 0.1) is 34.5 Å². The summed E-state index contributed by atoms with van der Waals surface area (Å²) < 4.78 is 10.8. The van der Waals surface area contributed by atoms with E-state index in [0.717, 1.165) is 16.9 Å². The van der Waals surface area contributed by atoms with Crippen LogP contribution in [-0.2, 0) is 9.47 Å². The summed E-state index contributed by atoms with van der Waals surface area (Å²) in [5.41, 5.74) is 3.94. The molecule has 4 aromatic rings. The first-order valence-corrected chi connectivity index (χ1v) is 13.2. The monoisotopic (exact) mass is 530 g/mol. The summed E-state index contributed by atoms with van der Waals surface area (Å²) in [5.74, 6) is -1.59. The largest absolute Gasteiger partial charge is 0.459 e. The van der Waals surface area contributed by atoms with Crippen LogP contribution in [0.1, 0.15) is 69.2 Å². The van der Waals surface area contributed by atoms with Crippen molar-refractivity contribution < 1.29 is 23.9 Å². The molecule has 4 rings (SSSR count). The van der Waals surface area contributed by atoms with Crippen molar-refractivity contribution in [2.24, 2.45) is 0 Å². The number of amides is 1. The highest BCUT2D eigenvalue weighted by Crippen LogP contribution is 2.36. The van der Waals surface area contributed by atoms with E-state index in [9.17, 15) is 14.4 Å². The first kappa shape index (κ1) is 27.0. The third-order valence-electron chi connectivity index (χ3n) is 5.86. The molecule has 0 saturated heterocycles. The van der Waals surface area contributed by atoms with Crippen LogP contribution in [0.15, 0.2) is 54.6 Å². The maximum Gasteiger partial charge on any atom is 0.348 e. The molecule has 2 aromatic heterocycles. The second-order valence-electron chi connectivity index (χ2n) is 9.47. The number of aromatic nitrogens is 1. The summed E-state index contributed by atoms with van der Waals surface area (Å²) in [7, 11) is 0. The van der Waals surface area contributed by atoms with Gasteiger partial charge in [-0.1, -0.05) is 48.5 Å². The summed E-state index contributed by atoms with van der Waals surface area (Å²) in [4.78, 5) is 44.8. The van der Waals surface area contributed by atoms with E-state index in [2.05, 4.69) is 5.32 Å². The van der Waals surface area contributed by atoms with Crippen molar-refractivity contribution in [2.75, 3.05) is 5.32 Å². The van der Waals surface area contributed by atoms with E-state index in [-0.39, 0.29) is 27.6 Å². The Morgan fingerprint density at radius 3 is 2.05 bits per heavy atom. The number of anilines is 1. The van der Waals surface area contributed by atoms with Crippen molar-refractivity contribution in [3.8, 4) is 11.3 Å². The standard InChI is InChI=1S/C30H30N2O5S/c1-16(2)36-29(34)24-19(6)26(30(35)37-17(3)4)38-28(24)32-27(33)23-18(5)25(20-12-8-7-9-13-20)31-22-15-11-10-14-21(22)23/h7-17H,1-6H3,(H,32,33). The van der Waals surface area contributed by atoms with Crippen LogP contribution in [0.3, 0.4) is 0 Å². The van der Waals surface area contributed by atoms with Gasteiger partial charge in [0.2, 0.25) is 0 Å². The molecule has 0 fully saturated rings. The molecule has 38 heavy (non-hydrogen) atoms. The number of carbonyl (C=O) groups is 3. The van der Waals surface area contributed by atoms with Gasteiger partial charge in [-0.2, -0.15) is 0 Å². The molecule has 0 aliphatic heterocycles. The lowest BCUT2D eigenvalue weighted by Gasteiger charge is -2.15. The summed E-state index contributed by atoms with van der Waals surface area (Å²) in [6, 6.07) is 17.1. The molecule has 2 aromatic carbocycles. The molecule has 0 radical (unpaired) electrons. The van der Waals surface area contributed by atoms with E-state index in [1.807, 2.05) is 61.5 Å². The van der Waals surface area contributed by atoms with Crippen molar-refractivity contribution in [2.45, 2.75) is 53.8 Å². The molecule has 1 amide bonds. The average Bonchev–Trinajstić information content (AvgIpc) is 3.18. The van der Waals surface area contributed by atoms with Gasteiger partial charge in [-0.3, -0.25) is 4.79 Å². The van der Waals surface area contributed by atoms with Gasteiger partial charge in [0.15, 0.2) is 0 Å². The maximum atomic E-state index is 13.9. The number of esters is 2. The number of hydrogen-bond donors (Lipinski definition) is 1. The Hall–Kier alpha value is -4.04. The lowest BCUT2D eigenvalue weighted by molar-refractivity contribution is 0.0378. The third kappa shape index (κ3) is 5.45. The Labute approximate surface area is 225 Å². The molecule has 7 nitrogen and oxygen atoms in total. The minimum atomic E-state index is -0.617. The number of para-hydroxylation sites is 1. The number of ether oxygens (including phenoxy) is 2. The van der Waals surface area contributed by atoms with Crippen LogP contribution in [0.4, 0.5) is 5.00 Å². The number of thiophene rings is 1. The van der Waals surface area contributed by atoms with Crippen LogP contribution in [0, 0.1) is 13.8 Å². The average molecular weight is 531 g/mol. The van der Waals surface area contributed by atoms with Crippen molar-refractivity contribution in [1.29, 1.82) is 0 Å². The highest BCUT2D eigenvalue weighted by Gasteiger charge is 2.29. The Morgan fingerprint density at radius 2 is 1.39 bits per heavy atom. The van der Waals surface area contributed by atoms with Gasteiger partial charge in [0.1, 0.15) is 9.88 Å². The highest BCUT2D eigenvalue weighted by molar-refractivity contribution is 7.18. The Balaban J connectivity index is 1.84. The van der Waals surface area contributed by atoms with Crippen LogP contribution in [0.2, 0.25) is 0 Å². The number of nitrogens with zero attached hydrogens (tertiary/aromatic N) is 1. The van der Waals surface area contributed by atoms with Crippen molar-refractivity contribution in [3.05, 3.63) is 81.7 Å². The molecule has 0 saturated carbocycles. The van der Waals surface area contributed by atoms with Gasteiger partial charge in [-0.25, -0.2) is 14.6 Å². The number of pyridine rings is 1. The second-order valence-corrected chi connectivity index (χ2v) is 10.5. The Morgan fingerprint density at radius 1 is 0.789 bits per heavy atom. The minimum absolute atomic E-state index is 0.145. The van der Waals surface area contributed by atoms with Gasteiger partial charge in [-0.15, -0.1) is 11.3 Å². The van der Waals surface area contributed by atoms with E-state index in [1.165, 1.54) is 0 Å². The van der Waals surface area contributed by atoms with Crippen LogP contribution < -0.4 is 5.32 Å². The molecule has 0 aliphatic rings. The summed E-state index contributed by atoms with van der Waals surface area (Å²) in [5, 5.41) is 3.82. The fraction of sp³-hybridized carbons (Fsp3) is 0.267. The zero-order valence-corrected chi connectivity index (χ0v) is 23.1. The quantitative estimate of drug-likeness (QED) is 0.260. The van der Waals surface area contributed by atoms with Gasteiger partial charge >= 0.3 is 11.9 Å². The van der Waals surface area contributed by atoms with E-state index in [4.69, 9.17) is 14.5 Å². The topological polar surface area (TPSA) is 94.6 Å². The van der Waals surface area contributed by atoms with Gasteiger partial charge < -0.3 is 14.8 Å². The molecule has 0 bridgehead atoms. The Bertz CT molecular complexity index is 1520. The molecule has 8 heteroatoms. The van der Waals surface area contributed by atoms with Crippen LogP contribution in [0.5, 0.6) is 0 Å². The zero-order valence-electron chi connectivity index (χ0n) is 22.2. The molecule has 1 N–H and O–H groups in total. The summed E-state index contributed by atoms with van der Waals surface area (Å²) >= 11 is 1.00. The fourth-order valence-electron chi connectivity index (χ4n) is 4.23. The number of benzene rings is 2. The number of hydrogen-bond acceptors (Lipinski definition) is 7. The third-order valence-corrected chi connectivity index (χ3v) is 7.05. The van der Waals surface area contributed by atoms with E-state index < -0.39 is 17.8 Å². The lowest BCUT2D eigenvalue weighted by atomic mass is 9.97. The summed E-state index contributed by atoms with van der Waals surface area (Å²) in [6.45, 7) is 10.5. The summed E-state index contributed by atoms with van der Waals surface area (Å²) in [6.07, 6.45) is -0.716. The number of rotatable bonds is 7. The SMILES string of the molecule is Cc1c(C(=O)OC(C)C)sc(NC(=O)c2c(C)c(-c3ccccc3)nc3ccccc23)c1C(=O)OC(C)C. The second kappa shape index (κ2) is 11.1. The number of carbonyl (C=O) groups excluding carboxylic acids is 3. The minimum Gasteiger partial charge on any atom is -0.459 e. The zero-order chi connectivity index (χ0) is 27.6. The lowest BCUT2D eigenvalue weighted by Crippen LogP contribution is -2.18. The smallest absolute Gasteiger partial charge is 0.348 e. The molecule has 0 unspecified atom stereocenters. The first-order valence-electron chi connectivity index (χ1n) is 12.4. The van der Waals surface area contributed by atoms with E-state index >= 15 is 0 Å². The number of nitrogens with one attached hydrogen (secondary N) is 1. The van der Waals surface area contributed by atoms with Crippen LogP contribution in [0.25, 0.3) is 22.2 Å².